The number of carboxylic acids is 1. The molecule has 1 saturated heterocycles. The van der Waals surface area contributed by atoms with E-state index < -0.39 is 29.9 Å². The zero-order valence-corrected chi connectivity index (χ0v) is 15.8. The molecule has 1 aromatic carbocycles. The maximum absolute atomic E-state index is 13.9. The van der Waals surface area contributed by atoms with Crippen LogP contribution in [0.15, 0.2) is 35.3 Å². The highest BCUT2D eigenvalue weighted by Crippen LogP contribution is 2.48. The van der Waals surface area contributed by atoms with Crippen molar-refractivity contribution in [1.29, 1.82) is 0 Å². The van der Waals surface area contributed by atoms with Gasteiger partial charge in [-0.3, -0.25) is 10.3 Å². The second kappa shape index (κ2) is 7.40. The van der Waals surface area contributed by atoms with Crippen molar-refractivity contribution < 1.29 is 27.9 Å². The molecule has 1 aliphatic rings. The summed E-state index contributed by atoms with van der Waals surface area (Å²) in [6.07, 6.45) is -5.58. The van der Waals surface area contributed by atoms with Crippen LogP contribution >= 0.6 is 34.8 Å². The summed E-state index contributed by atoms with van der Waals surface area (Å²) >= 11 is 17.4. The Kier molecular flexibility index (Phi) is 5.46. The van der Waals surface area contributed by atoms with Gasteiger partial charge < -0.3 is 5.11 Å². The minimum Gasteiger partial charge on any atom is -0.476 e. The highest BCUT2D eigenvalue weighted by atomic mass is 35.5. The van der Waals surface area contributed by atoms with Crippen LogP contribution in [0.25, 0.3) is 0 Å². The highest BCUT2D eigenvalue weighted by Gasteiger charge is 2.62. The molecule has 1 unspecified atom stereocenters. The topological polar surface area (TPSA) is 83.8 Å². The molecule has 1 aliphatic heterocycles. The number of carboxylic acid groups (broad SMARTS) is 1. The number of aliphatic imine (C=N–C) groups is 1. The second-order valence-electron chi connectivity index (χ2n) is 5.73. The van der Waals surface area contributed by atoms with Gasteiger partial charge in [-0.1, -0.05) is 34.8 Å². The average molecular weight is 455 g/mol. The van der Waals surface area contributed by atoms with Crippen molar-refractivity contribution in [2.75, 3.05) is 0 Å². The number of hydrogen-bond donors (Lipinski definition) is 2. The van der Waals surface area contributed by atoms with Gasteiger partial charge >= 0.3 is 12.1 Å². The van der Waals surface area contributed by atoms with E-state index in [0.29, 0.717) is 0 Å². The fraction of sp³-hybridized carbons (Fsp3) is 0.188. The molecule has 28 heavy (non-hydrogen) atoms. The number of nitrogens with one attached hydrogen (secondary N) is 1. The highest BCUT2D eigenvalue weighted by molar-refractivity contribution is 6.34. The van der Waals surface area contributed by atoms with Gasteiger partial charge in [-0.25, -0.2) is 14.8 Å². The second-order valence-corrected chi connectivity index (χ2v) is 7.01. The first kappa shape index (κ1) is 20.7. The summed E-state index contributed by atoms with van der Waals surface area (Å²) in [6.45, 7) is 0. The van der Waals surface area contributed by atoms with Gasteiger partial charge in [-0.15, -0.1) is 0 Å². The van der Waals surface area contributed by atoms with Gasteiger partial charge in [0, 0.05) is 10.0 Å². The summed E-state index contributed by atoms with van der Waals surface area (Å²) in [4.78, 5) is 23.6. The number of hydroxylamine groups is 1. The molecule has 148 valence electrons. The molecule has 2 heterocycles. The van der Waals surface area contributed by atoms with Gasteiger partial charge in [0.1, 0.15) is 5.84 Å². The van der Waals surface area contributed by atoms with E-state index in [0.717, 1.165) is 12.1 Å². The van der Waals surface area contributed by atoms with Gasteiger partial charge in [0.2, 0.25) is 5.60 Å². The van der Waals surface area contributed by atoms with Crippen LogP contribution in [0.1, 0.15) is 22.5 Å². The molecule has 0 bridgehead atoms. The maximum atomic E-state index is 13.9. The summed E-state index contributed by atoms with van der Waals surface area (Å²) in [5.74, 6) is -1.78. The van der Waals surface area contributed by atoms with E-state index in [4.69, 9.17) is 44.7 Å². The molecule has 1 atom stereocenters. The number of benzene rings is 1. The van der Waals surface area contributed by atoms with E-state index in [1.165, 1.54) is 18.2 Å². The molecule has 3 rings (SSSR count). The summed E-state index contributed by atoms with van der Waals surface area (Å²) in [6, 6.07) is 5.95. The van der Waals surface area contributed by atoms with Crippen LogP contribution < -0.4 is 5.48 Å². The molecule has 2 aromatic rings. The predicted molar refractivity (Wildman–Crippen MR) is 96.3 cm³/mol. The van der Waals surface area contributed by atoms with Crippen LogP contribution in [0.4, 0.5) is 19.0 Å². The molecule has 6 nitrogen and oxygen atoms in total. The lowest BCUT2D eigenvalue weighted by Gasteiger charge is -2.29. The zero-order chi connectivity index (χ0) is 20.7. The zero-order valence-electron chi connectivity index (χ0n) is 13.5. The Morgan fingerprint density at radius 3 is 2.43 bits per heavy atom. The lowest BCUT2D eigenvalue weighted by Crippen LogP contribution is -2.42. The van der Waals surface area contributed by atoms with Crippen LogP contribution in [0.5, 0.6) is 0 Å². The number of pyridine rings is 1. The van der Waals surface area contributed by atoms with Crippen molar-refractivity contribution >= 4 is 52.4 Å². The van der Waals surface area contributed by atoms with Gasteiger partial charge in [0.05, 0.1) is 11.4 Å². The van der Waals surface area contributed by atoms with Crippen LogP contribution in [0.2, 0.25) is 15.1 Å². The number of hydrogen-bond acceptors (Lipinski definition) is 4. The van der Waals surface area contributed by atoms with Gasteiger partial charge in [0.15, 0.2) is 11.5 Å². The lowest BCUT2D eigenvalue weighted by molar-refractivity contribution is -0.282. The Labute approximate surface area is 170 Å². The molecular weight excluding hydrogens is 446 g/mol. The van der Waals surface area contributed by atoms with Crippen molar-refractivity contribution in [2.24, 2.45) is 4.99 Å². The molecule has 1 aromatic heterocycles. The number of alkyl halides is 3. The molecule has 1 fully saturated rings. The molecular formula is C16H9Cl3F3N3O3. The van der Waals surface area contributed by atoms with Crippen molar-refractivity contribution in [1.82, 2.24) is 10.5 Å². The fourth-order valence-electron chi connectivity index (χ4n) is 2.57. The molecule has 0 saturated carbocycles. The number of rotatable bonds is 3. The average Bonchev–Trinajstić information content (AvgIpc) is 3.00. The maximum Gasteiger partial charge on any atom is 0.424 e. The Balaban J connectivity index is 2.01. The van der Waals surface area contributed by atoms with E-state index in [9.17, 15) is 18.0 Å². The van der Waals surface area contributed by atoms with Crippen LogP contribution in [0, 0.1) is 0 Å². The number of carbonyl (C=O) groups is 1. The van der Waals surface area contributed by atoms with Crippen LogP contribution in [-0.2, 0) is 10.4 Å². The van der Waals surface area contributed by atoms with Crippen molar-refractivity contribution in [3.8, 4) is 0 Å². The third-order valence-corrected chi connectivity index (χ3v) is 4.57. The molecule has 12 heteroatoms. The van der Waals surface area contributed by atoms with Gasteiger partial charge in [-0.2, -0.15) is 13.2 Å². The number of aromatic nitrogens is 1. The minimum absolute atomic E-state index is 0.00517. The summed E-state index contributed by atoms with van der Waals surface area (Å²) in [5, 5.41) is 8.91. The normalized spacial score (nSPS) is 21.0. The summed E-state index contributed by atoms with van der Waals surface area (Å²) in [5.41, 5.74) is -1.46. The third kappa shape index (κ3) is 3.88. The Morgan fingerprint density at radius 1 is 1.21 bits per heavy atom. The Morgan fingerprint density at radius 2 is 1.86 bits per heavy atom. The SMILES string of the molecule is O=C(O)c1nc(N=C2CC(c3cc(Cl)cc(Cl)c3)(C(F)(F)F)ON2)ccc1Cl. The Hall–Kier alpha value is -2.07. The first-order chi connectivity index (χ1) is 13.0. The number of nitrogens with zero attached hydrogens (tertiary/aromatic N) is 2. The van der Waals surface area contributed by atoms with E-state index in [1.807, 2.05) is 0 Å². The van der Waals surface area contributed by atoms with Crippen LogP contribution in [-0.4, -0.2) is 28.1 Å². The summed E-state index contributed by atoms with van der Waals surface area (Å²) < 4.78 is 41.6. The van der Waals surface area contributed by atoms with Crippen LogP contribution in [0.3, 0.4) is 0 Å². The minimum atomic E-state index is -4.84. The number of halogens is 6. The molecule has 2 N–H and O–H groups in total. The van der Waals surface area contributed by atoms with Crippen molar-refractivity contribution in [3.63, 3.8) is 0 Å². The monoisotopic (exact) mass is 453 g/mol. The Bertz CT molecular complexity index is 964. The van der Waals surface area contributed by atoms with Gasteiger partial charge in [-0.05, 0) is 35.9 Å². The van der Waals surface area contributed by atoms with Crippen molar-refractivity contribution in [2.45, 2.75) is 18.2 Å². The quantitative estimate of drug-likeness (QED) is 0.670. The van der Waals surface area contributed by atoms with E-state index >= 15 is 0 Å². The third-order valence-electron chi connectivity index (χ3n) is 3.83. The standard InChI is InChI=1S/C16H9Cl3F3N3O3/c17-8-3-7(4-9(18)5-8)15(16(20,21)22)6-12(25-28-15)23-11-2-1-10(19)13(24-11)14(26)27/h1-5H,6H2,(H,26,27)(H,23,24,25). The van der Waals surface area contributed by atoms with E-state index in [-0.39, 0.29) is 32.3 Å². The molecule has 0 spiro atoms. The first-order valence-electron chi connectivity index (χ1n) is 7.46. The van der Waals surface area contributed by atoms with E-state index in [2.05, 4.69) is 15.5 Å². The first-order valence-corrected chi connectivity index (χ1v) is 8.60. The largest absolute Gasteiger partial charge is 0.476 e. The summed E-state index contributed by atoms with van der Waals surface area (Å²) in [7, 11) is 0. The predicted octanol–water partition coefficient (Wildman–Crippen LogP) is 5.15. The van der Waals surface area contributed by atoms with Gasteiger partial charge in [0.25, 0.3) is 0 Å². The lowest BCUT2D eigenvalue weighted by atomic mass is 9.90. The number of amidine groups is 1. The molecule has 0 radical (unpaired) electrons. The molecule has 0 aliphatic carbocycles. The van der Waals surface area contributed by atoms with E-state index in [1.54, 1.807) is 0 Å². The molecule has 0 amide bonds. The smallest absolute Gasteiger partial charge is 0.424 e. The fourth-order valence-corrected chi connectivity index (χ4v) is 3.28. The van der Waals surface area contributed by atoms with Crippen molar-refractivity contribution in [3.05, 3.63) is 56.7 Å². The number of aromatic carboxylic acids is 1.